The van der Waals surface area contributed by atoms with Gasteiger partial charge in [0, 0.05) is 36.9 Å². The van der Waals surface area contributed by atoms with E-state index >= 15 is 0 Å². The minimum atomic E-state index is -0.486. The molecule has 0 saturated carbocycles. The number of fused-ring (bicyclic) bond motifs is 1. The molecule has 0 aliphatic rings. The highest BCUT2D eigenvalue weighted by atomic mass is 79.9. The van der Waals surface area contributed by atoms with Gasteiger partial charge in [-0.15, -0.1) is 0 Å². The fourth-order valence-corrected chi connectivity index (χ4v) is 3.44. The first-order chi connectivity index (χ1) is 12.8. The maximum absolute atomic E-state index is 12.1. The number of carbonyl (C=O) groups is 2. The molecule has 0 unspecified atom stereocenters. The highest BCUT2D eigenvalue weighted by molar-refractivity contribution is 9.10. The third-order valence-electron chi connectivity index (χ3n) is 4.05. The number of anilines is 1. The van der Waals surface area contributed by atoms with Gasteiger partial charge in [0.2, 0.25) is 11.8 Å². The molecule has 3 aromatic rings. The van der Waals surface area contributed by atoms with E-state index in [2.05, 4.69) is 20.9 Å². The highest BCUT2D eigenvalue weighted by Crippen LogP contribution is 2.39. The first-order valence-electron chi connectivity index (χ1n) is 7.95. The molecule has 0 N–H and O–H groups in total. The van der Waals surface area contributed by atoms with E-state index in [1.54, 1.807) is 12.1 Å². The smallest absolute Gasteiger partial charge is 0.269 e. The van der Waals surface area contributed by atoms with Crippen LogP contribution in [0, 0.1) is 10.1 Å². The number of nitrogens with zero attached hydrogens (tertiary/aromatic N) is 3. The molecule has 7 nitrogen and oxygen atoms in total. The van der Waals surface area contributed by atoms with Crippen molar-refractivity contribution >= 4 is 50.0 Å². The second-order valence-electron chi connectivity index (χ2n) is 5.82. The lowest BCUT2D eigenvalue weighted by Gasteiger charge is -2.22. The van der Waals surface area contributed by atoms with Gasteiger partial charge in [-0.2, -0.15) is 0 Å². The van der Waals surface area contributed by atoms with Crippen molar-refractivity contribution in [3.05, 3.63) is 63.2 Å². The fraction of sp³-hybridized carbons (Fsp3) is 0.105. The Bertz CT molecular complexity index is 1070. The quantitative estimate of drug-likeness (QED) is 0.349. The standard InChI is InChI=1S/C19H14BrN3O4/c1-11(24)22(12(2)25)19-17(13-7-9-14(10-8-13)23(26)27)15-5-3-4-6-16(15)18(20)21-19/h3-10H,1-2H3. The SMILES string of the molecule is CC(=O)N(C(C)=O)c1nc(Br)c2ccccc2c1-c1ccc([N+](=O)[O-])cc1. The second-order valence-corrected chi connectivity index (χ2v) is 6.58. The molecule has 0 bridgehead atoms. The number of hydrogen-bond donors (Lipinski definition) is 0. The zero-order valence-electron chi connectivity index (χ0n) is 14.5. The molecule has 2 aromatic carbocycles. The Morgan fingerprint density at radius 1 is 1.00 bits per heavy atom. The van der Waals surface area contributed by atoms with Gasteiger partial charge in [-0.25, -0.2) is 9.88 Å². The third kappa shape index (κ3) is 3.43. The monoisotopic (exact) mass is 427 g/mol. The Morgan fingerprint density at radius 3 is 2.07 bits per heavy atom. The van der Waals surface area contributed by atoms with Crippen LogP contribution in [0.5, 0.6) is 0 Å². The maximum atomic E-state index is 12.1. The molecule has 1 aromatic heterocycles. The Hall–Kier alpha value is -3.13. The normalized spacial score (nSPS) is 10.6. The van der Waals surface area contributed by atoms with Crippen molar-refractivity contribution in [1.29, 1.82) is 0 Å². The lowest BCUT2D eigenvalue weighted by atomic mass is 9.99. The zero-order valence-corrected chi connectivity index (χ0v) is 16.1. The Labute approximate surface area is 162 Å². The molecule has 2 amide bonds. The number of aromatic nitrogens is 1. The van der Waals surface area contributed by atoms with Gasteiger partial charge in [0.05, 0.1) is 4.92 Å². The first-order valence-corrected chi connectivity index (χ1v) is 8.75. The van der Waals surface area contributed by atoms with Crippen LogP contribution in [-0.2, 0) is 9.59 Å². The predicted molar refractivity (Wildman–Crippen MR) is 105 cm³/mol. The molecule has 0 spiro atoms. The molecular formula is C19H14BrN3O4. The summed E-state index contributed by atoms with van der Waals surface area (Å²) in [7, 11) is 0. The molecule has 136 valence electrons. The number of carbonyl (C=O) groups excluding carboxylic acids is 2. The molecule has 1 heterocycles. The highest BCUT2D eigenvalue weighted by Gasteiger charge is 2.25. The summed E-state index contributed by atoms with van der Waals surface area (Å²) in [5, 5.41) is 12.5. The van der Waals surface area contributed by atoms with Crippen LogP contribution in [0.3, 0.4) is 0 Å². The number of amides is 2. The van der Waals surface area contributed by atoms with Crippen LogP contribution in [0.15, 0.2) is 53.1 Å². The van der Waals surface area contributed by atoms with E-state index in [0.29, 0.717) is 15.7 Å². The van der Waals surface area contributed by atoms with Crippen molar-refractivity contribution in [3.63, 3.8) is 0 Å². The van der Waals surface area contributed by atoms with Crippen molar-refractivity contribution < 1.29 is 14.5 Å². The van der Waals surface area contributed by atoms with Gasteiger partial charge in [0.15, 0.2) is 5.82 Å². The van der Waals surface area contributed by atoms with Gasteiger partial charge < -0.3 is 0 Å². The molecule has 0 fully saturated rings. The summed E-state index contributed by atoms with van der Waals surface area (Å²) >= 11 is 3.40. The first kappa shape index (κ1) is 18.7. The third-order valence-corrected chi connectivity index (χ3v) is 4.66. The van der Waals surface area contributed by atoms with Crippen molar-refractivity contribution in [2.75, 3.05) is 4.90 Å². The predicted octanol–water partition coefficient (Wildman–Crippen LogP) is 4.47. The molecule has 0 aliphatic carbocycles. The number of benzene rings is 2. The molecule has 8 heteroatoms. The molecule has 0 saturated heterocycles. The Balaban J connectivity index is 2.38. The van der Waals surface area contributed by atoms with E-state index in [1.807, 2.05) is 24.3 Å². The molecule has 0 aliphatic heterocycles. The summed E-state index contributed by atoms with van der Waals surface area (Å²) < 4.78 is 0.492. The van der Waals surface area contributed by atoms with Gasteiger partial charge in [-0.05, 0) is 39.0 Å². The van der Waals surface area contributed by atoms with Crippen LogP contribution >= 0.6 is 15.9 Å². The molecular weight excluding hydrogens is 414 g/mol. The number of imide groups is 1. The summed E-state index contributed by atoms with van der Waals surface area (Å²) in [4.78, 5) is 40.1. The molecule has 0 atom stereocenters. The summed E-state index contributed by atoms with van der Waals surface area (Å²) in [6.07, 6.45) is 0. The van der Waals surface area contributed by atoms with E-state index in [-0.39, 0.29) is 11.5 Å². The van der Waals surface area contributed by atoms with Crippen LogP contribution in [0.1, 0.15) is 13.8 Å². The fourth-order valence-electron chi connectivity index (χ4n) is 2.93. The van der Waals surface area contributed by atoms with E-state index < -0.39 is 16.7 Å². The average Bonchev–Trinajstić information content (AvgIpc) is 2.61. The number of pyridine rings is 1. The van der Waals surface area contributed by atoms with Gasteiger partial charge in [0.1, 0.15) is 4.60 Å². The van der Waals surface area contributed by atoms with Gasteiger partial charge in [-0.1, -0.05) is 24.3 Å². The van der Waals surface area contributed by atoms with Gasteiger partial charge in [-0.3, -0.25) is 19.7 Å². The minimum Gasteiger partial charge on any atom is -0.274 e. The molecule has 27 heavy (non-hydrogen) atoms. The zero-order chi connectivity index (χ0) is 19.7. The number of hydrogen-bond acceptors (Lipinski definition) is 5. The number of non-ortho nitro benzene ring substituents is 1. The maximum Gasteiger partial charge on any atom is 0.269 e. The topological polar surface area (TPSA) is 93.4 Å². The van der Waals surface area contributed by atoms with Crippen LogP contribution in [-0.4, -0.2) is 21.7 Å². The van der Waals surface area contributed by atoms with Gasteiger partial charge >= 0.3 is 0 Å². The number of rotatable bonds is 3. The van der Waals surface area contributed by atoms with Crippen LogP contribution in [0.4, 0.5) is 11.5 Å². The Kier molecular flexibility index (Phi) is 5.00. The lowest BCUT2D eigenvalue weighted by Crippen LogP contribution is -2.34. The number of halogens is 1. The van der Waals surface area contributed by atoms with Crippen molar-refractivity contribution in [2.24, 2.45) is 0 Å². The lowest BCUT2D eigenvalue weighted by molar-refractivity contribution is -0.384. The summed E-state index contributed by atoms with van der Waals surface area (Å²) in [5.74, 6) is -0.768. The molecule has 3 rings (SSSR count). The van der Waals surface area contributed by atoms with Crippen LogP contribution in [0.25, 0.3) is 21.9 Å². The van der Waals surface area contributed by atoms with Crippen molar-refractivity contribution in [2.45, 2.75) is 13.8 Å². The number of nitro benzene ring substituents is 1. The largest absolute Gasteiger partial charge is 0.274 e. The van der Waals surface area contributed by atoms with Crippen molar-refractivity contribution in [1.82, 2.24) is 4.98 Å². The summed E-state index contributed by atoms with van der Waals surface area (Å²) in [5.41, 5.74) is 1.11. The van der Waals surface area contributed by atoms with E-state index in [0.717, 1.165) is 15.7 Å². The summed E-state index contributed by atoms with van der Waals surface area (Å²) in [6.45, 7) is 2.57. The Morgan fingerprint density at radius 2 is 1.56 bits per heavy atom. The van der Waals surface area contributed by atoms with Crippen molar-refractivity contribution in [3.8, 4) is 11.1 Å². The molecule has 0 radical (unpaired) electrons. The van der Waals surface area contributed by atoms with E-state index in [9.17, 15) is 19.7 Å². The second kappa shape index (κ2) is 7.24. The van der Waals surface area contributed by atoms with E-state index in [1.165, 1.54) is 26.0 Å². The van der Waals surface area contributed by atoms with E-state index in [4.69, 9.17) is 0 Å². The summed E-state index contributed by atoms with van der Waals surface area (Å²) in [6, 6.07) is 13.3. The number of nitro groups is 1. The van der Waals surface area contributed by atoms with Crippen LogP contribution < -0.4 is 4.90 Å². The average molecular weight is 428 g/mol. The van der Waals surface area contributed by atoms with Gasteiger partial charge in [0.25, 0.3) is 5.69 Å². The minimum absolute atomic E-state index is 0.0512. The van der Waals surface area contributed by atoms with Crippen LogP contribution in [0.2, 0.25) is 0 Å².